The van der Waals surface area contributed by atoms with Crippen molar-refractivity contribution in [2.24, 2.45) is 5.92 Å². The number of carbonyl (C=O) groups is 2. The number of benzene rings is 2. The van der Waals surface area contributed by atoms with Gasteiger partial charge in [-0.1, -0.05) is 62.4 Å². The summed E-state index contributed by atoms with van der Waals surface area (Å²) in [5, 5.41) is 2.95. The van der Waals surface area contributed by atoms with Crippen LogP contribution in [0.15, 0.2) is 48.5 Å². The summed E-state index contributed by atoms with van der Waals surface area (Å²) < 4.78 is 0. The highest BCUT2D eigenvalue weighted by atomic mass is 16.2. The zero-order valence-electron chi connectivity index (χ0n) is 17.7. The molecule has 150 valence electrons. The van der Waals surface area contributed by atoms with Crippen molar-refractivity contribution in [3.05, 3.63) is 70.8 Å². The normalized spacial score (nSPS) is 11.9. The Morgan fingerprint density at radius 1 is 0.929 bits per heavy atom. The van der Waals surface area contributed by atoms with Crippen LogP contribution in [0.4, 0.5) is 0 Å². The zero-order chi connectivity index (χ0) is 20.7. The molecule has 0 bridgehead atoms. The first-order valence-electron chi connectivity index (χ1n) is 9.95. The summed E-state index contributed by atoms with van der Waals surface area (Å²) in [6.07, 6.45) is 0.287. The van der Waals surface area contributed by atoms with E-state index >= 15 is 0 Å². The van der Waals surface area contributed by atoms with Crippen molar-refractivity contribution in [2.45, 2.75) is 53.6 Å². The van der Waals surface area contributed by atoms with E-state index in [0.717, 1.165) is 11.1 Å². The maximum Gasteiger partial charge on any atom is 0.242 e. The topological polar surface area (TPSA) is 49.4 Å². The number of carbonyl (C=O) groups excluding carboxylic acids is 2. The molecule has 1 atom stereocenters. The van der Waals surface area contributed by atoms with E-state index in [9.17, 15) is 9.59 Å². The Labute approximate surface area is 169 Å². The van der Waals surface area contributed by atoms with Crippen LogP contribution in [-0.2, 0) is 22.6 Å². The molecule has 4 heteroatoms. The zero-order valence-corrected chi connectivity index (χ0v) is 17.7. The average molecular weight is 381 g/mol. The Kier molecular flexibility index (Phi) is 7.80. The SMILES string of the molecule is Cc1ccc(CC(=O)N(Cc2ccccc2)C(C)C(=O)NCC(C)C)cc1C. The van der Waals surface area contributed by atoms with Gasteiger partial charge in [-0.05, 0) is 48.9 Å². The number of hydrogen-bond donors (Lipinski definition) is 1. The van der Waals surface area contributed by atoms with E-state index in [1.54, 1.807) is 11.8 Å². The Bertz CT molecular complexity index is 800. The second kappa shape index (κ2) is 10.1. The monoisotopic (exact) mass is 380 g/mol. The van der Waals surface area contributed by atoms with Gasteiger partial charge >= 0.3 is 0 Å². The van der Waals surface area contributed by atoms with E-state index < -0.39 is 6.04 Å². The average Bonchev–Trinajstić information content (AvgIpc) is 2.67. The number of aryl methyl sites for hydroxylation is 2. The Morgan fingerprint density at radius 3 is 2.21 bits per heavy atom. The molecule has 0 heterocycles. The third kappa shape index (κ3) is 6.22. The predicted molar refractivity (Wildman–Crippen MR) is 114 cm³/mol. The summed E-state index contributed by atoms with van der Waals surface area (Å²) in [4.78, 5) is 27.5. The van der Waals surface area contributed by atoms with Gasteiger partial charge in [-0.15, -0.1) is 0 Å². The van der Waals surface area contributed by atoms with Crippen molar-refractivity contribution < 1.29 is 9.59 Å². The minimum atomic E-state index is -0.530. The van der Waals surface area contributed by atoms with Crippen LogP contribution in [-0.4, -0.2) is 29.3 Å². The molecule has 0 aliphatic rings. The van der Waals surface area contributed by atoms with Gasteiger partial charge in [0.1, 0.15) is 6.04 Å². The molecule has 2 aromatic rings. The molecule has 1 N–H and O–H groups in total. The van der Waals surface area contributed by atoms with E-state index in [1.165, 1.54) is 11.1 Å². The van der Waals surface area contributed by atoms with Crippen molar-refractivity contribution >= 4 is 11.8 Å². The van der Waals surface area contributed by atoms with Gasteiger partial charge in [0.2, 0.25) is 11.8 Å². The first-order valence-corrected chi connectivity index (χ1v) is 9.95. The number of rotatable bonds is 8. The molecular weight excluding hydrogens is 348 g/mol. The van der Waals surface area contributed by atoms with Crippen LogP contribution in [0.2, 0.25) is 0 Å². The first-order chi connectivity index (χ1) is 13.3. The first kappa shape index (κ1) is 21.7. The largest absolute Gasteiger partial charge is 0.354 e. The van der Waals surface area contributed by atoms with Crippen LogP contribution >= 0.6 is 0 Å². The molecule has 0 aliphatic carbocycles. The van der Waals surface area contributed by atoms with Gasteiger partial charge in [-0.2, -0.15) is 0 Å². The lowest BCUT2D eigenvalue weighted by Crippen LogP contribution is -2.48. The second-order valence-electron chi connectivity index (χ2n) is 7.92. The maximum absolute atomic E-state index is 13.1. The standard InChI is InChI=1S/C24H32N2O2/c1-17(2)15-25-24(28)20(5)26(16-21-9-7-6-8-10-21)23(27)14-22-12-11-18(3)19(4)13-22/h6-13,17,20H,14-16H2,1-5H3,(H,25,28). The highest BCUT2D eigenvalue weighted by Gasteiger charge is 2.26. The number of nitrogens with zero attached hydrogens (tertiary/aromatic N) is 1. The van der Waals surface area contributed by atoms with Gasteiger partial charge in [-0.25, -0.2) is 0 Å². The maximum atomic E-state index is 13.1. The van der Waals surface area contributed by atoms with Crippen LogP contribution in [0.5, 0.6) is 0 Å². The fourth-order valence-electron chi connectivity index (χ4n) is 3.00. The smallest absolute Gasteiger partial charge is 0.242 e. The number of hydrogen-bond acceptors (Lipinski definition) is 2. The van der Waals surface area contributed by atoms with Gasteiger partial charge in [0.25, 0.3) is 0 Å². The van der Waals surface area contributed by atoms with Crippen LogP contribution in [0.3, 0.4) is 0 Å². The number of nitrogens with one attached hydrogen (secondary N) is 1. The minimum absolute atomic E-state index is 0.0423. The van der Waals surface area contributed by atoms with Gasteiger partial charge in [-0.3, -0.25) is 9.59 Å². The van der Waals surface area contributed by atoms with Crippen molar-refractivity contribution in [3.63, 3.8) is 0 Å². The molecule has 0 fully saturated rings. The number of amides is 2. The molecule has 0 aromatic heterocycles. The molecule has 28 heavy (non-hydrogen) atoms. The Hall–Kier alpha value is -2.62. The van der Waals surface area contributed by atoms with Gasteiger partial charge in [0, 0.05) is 13.1 Å². The molecule has 0 radical (unpaired) electrons. The van der Waals surface area contributed by atoms with Crippen molar-refractivity contribution in [2.75, 3.05) is 6.54 Å². The summed E-state index contributed by atoms with van der Waals surface area (Å²) >= 11 is 0. The summed E-state index contributed by atoms with van der Waals surface area (Å²) in [7, 11) is 0. The quantitative estimate of drug-likeness (QED) is 0.751. The molecule has 2 amide bonds. The summed E-state index contributed by atoms with van der Waals surface area (Å²) in [5.41, 5.74) is 4.36. The Balaban J connectivity index is 2.19. The molecule has 0 aliphatic heterocycles. The summed E-state index contributed by atoms with van der Waals surface area (Å²) in [6.45, 7) is 11.0. The van der Waals surface area contributed by atoms with Crippen LogP contribution in [0.25, 0.3) is 0 Å². The van der Waals surface area contributed by atoms with Crippen molar-refractivity contribution in [1.82, 2.24) is 10.2 Å². The lowest BCUT2D eigenvalue weighted by Gasteiger charge is -2.29. The molecule has 0 saturated heterocycles. The van der Waals surface area contributed by atoms with Gasteiger partial charge in [0.15, 0.2) is 0 Å². The molecule has 4 nitrogen and oxygen atoms in total. The molecule has 0 saturated carbocycles. The minimum Gasteiger partial charge on any atom is -0.354 e. The molecule has 0 spiro atoms. The third-order valence-corrected chi connectivity index (χ3v) is 4.97. The van der Waals surface area contributed by atoms with Gasteiger partial charge in [0.05, 0.1) is 6.42 Å². The van der Waals surface area contributed by atoms with E-state index in [-0.39, 0.29) is 18.2 Å². The van der Waals surface area contributed by atoms with E-state index in [2.05, 4.69) is 32.2 Å². The van der Waals surface area contributed by atoms with Crippen LogP contribution in [0, 0.1) is 19.8 Å². The van der Waals surface area contributed by atoms with Gasteiger partial charge < -0.3 is 10.2 Å². The third-order valence-electron chi connectivity index (χ3n) is 4.97. The van der Waals surface area contributed by atoms with E-state index in [0.29, 0.717) is 19.0 Å². The summed E-state index contributed by atoms with van der Waals surface area (Å²) in [6, 6.07) is 15.4. The predicted octanol–water partition coefficient (Wildman–Crippen LogP) is 4.04. The fraction of sp³-hybridized carbons (Fsp3) is 0.417. The second-order valence-corrected chi connectivity index (χ2v) is 7.92. The van der Waals surface area contributed by atoms with Crippen molar-refractivity contribution in [3.8, 4) is 0 Å². The summed E-state index contributed by atoms with van der Waals surface area (Å²) in [5.74, 6) is 0.210. The molecule has 1 unspecified atom stereocenters. The molecule has 2 aromatic carbocycles. The highest BCUT2D eigenvalue weighted by Crippen LogP contribution is 2.15. The van der Waals surface area contributed by atoms with Crippen LogP contribution in [0.1, 0.15) is 43.0 Å². The van der Waals surface area contributed by atoms with Crippen molar-refractivity contribution in [1.29, 1.82) is 0 Å². The van der Waals surface area contributed by atoms with Crippen LogP contribution < -0.4 is 5.32 Å². The Morgan fingerprint density at radius 2 is 1.61 bits per heavy atom. The molecule has 2 rings (SSSR count). The molecular formula is C24H32N2O2. The lowest BCUT2D eigenvalue weighted by atomic mass is 10.0. The van der Waals surface area contributed by atoms with E-state index in [4.69, 9.17) is 0 Å². The fourth-order valence-corrected chi connectivity index (χ4v) is 3.00. The van der Waals surface area contributed by atoms with E-state index in [1.807, 2.05) is 49.4 Å². The lowest BCUT2D eigenvalue weighted by molar-refractivity contribution is -0.140. The highest BCUT2D eigenvalue weighted by molar-refractivity contribution is 5.88.